The van der Waals surface area contributed by atoms with Crippen molar-refractivity contribution in [1.29, 1.82) is 0 Å². The summed E-state index contributed by atoms with van der Waals surface area (Å²) in [5.74, 6) is 0. The Morgan fingerprint density at radius 2 is 0.696 bits per heavy atom. The Morgan fingerprint density at radius 3 is 1.04 bits per heavy atom. The molecule has 134 valence electrons. The Morgan fingerprint density at radius 1 is 0.391 bits per heavy atom. The fourth-order valence-corrected chi connectivity index (χ4v) is 4.57. The molecule has 5 heteroatoms. The van der Waals surface area contributed by atoms with Crippen LogP contribution in [0, 0.1) is 0 Å². The predicted molar refractivity (Wildman–Crippen MR) is 97.0 cm³/mol. The SMILES string of the molecule is C1CC[C@H]2NCCN[C@@H]3CCCC[C@H]3NCCNCCN[C@@H]2C1. The van der Waals surface area contributed by atoms with Crippen molar-refractivity contribution in [2.24, 2.45) is 0 Å². The van der Waals surface area contributed by atoms with Crippen molar-refractivity contribution in [3.05, 3.63) is 0 Å². The summed E-state index contributed by atoms with van der Waals surface area (Å²) in [6.45, 7) is 6.55. The summed E-state index contributed by atoms with van der Waals surface area (Å²) < 4.78 is 0. The van der Waals surface area contributed by atoms with Crippen LogP contribution in [0.2, 0.25) is 0 Å². The van der Waals surface area contributed by atoms with Gasteiger partial charge >= 0.3 is 0 Å². The Bertz CT molecular complexity index is 295. The fraction of sp³-hybridized carbons (Fsp3) is 1.00. The van der Waals surface area contributed by atoms with Crippen molar-refractivity contribution >= 4 is 0 Å². The van der Waals surface area contributed by atoms with Crippen LogP contribution in [0.3, 0.4) is 0 Å². The van der Waals surface area contributed by atoms with Crippen LogP contribution in [0.4, 0.5) is 0 Å². The quantitative estimate of drug-likeness (QED) is 0.451. The van der Waals surface area contributed by atoms with E-state index in [-0.39, 0.29) is 0 Å². The molecule has 5 N–H and O–H groups in total. The number of rotatable bonds is 0. The van der Waals surface area contributed by atoms with Crippen molar-refractivity contribution in [2.45, 2.75) is 75.5 Å². The second-order valence-electron chi connectivity index (χ2n) is 7.56. The molecule has 3 rings (SSSR count). The molecular formula is C18H37N5. The van der Waals surface area contributed by atoms with E-state index in [1.165, 1.54) is 51.4 Å². The molecule has 0 aromatic rings. The summed E-state index contributed by atoms with van der Waals surface area (Å²) >= 11 is 0. The van der Waals surface area contributed by atoms with Gasteiger partial charge in [0.05, 0.1) is 0 Å². The summed E-state index contributed by atoms with van der Waals surface area (Å²) in [6.07, 6.45) is 10.9. The summed E-state index contributed by atoms with van der Waals surface area (Å²) in [6, 6.07) is 2.65. The van der Waals surface area contributed by atoms with E-state index in [9.17, 15) is 0 Å². The van der Waals surface area contributed by atoms with E-state index in [2.05, 4.69) is 26.6 Å². The van der Waals surface area contributed by atoms with E-state index in [0.717, 1.165) is 39.3 Å². The third-order valence-electron chi connectivity index (χ3n) is 5.89. The minimum absolute atomic E-state index is 0.663. The highest BCUT2D eigenvalue weighted by molar-refractivity contribution is 4.89. The standard InChI is InChI=1S/C18H37N5/c1-3-7-17-15(5-1)20-11-9-19-10-12-21-16-6-2-4-8-18(16)23-14-13-22-17/h15-23H,1-14H2/t15-,16-,17-,18-/m1/s1. The van der Waals surface area contributed by atoms with Gasteiger partial charge in [0.2, 0.25) is 0 Å². The lowest BCUT2D eigenvalue weighted by atomic mass is 9.90. The number of hydrogen-bond donors (Lipinski definition) is 5. The molecular weight excluding hydrogens is 286 g/mol. The number of hydrogen-bond acceptors (Lipinski definition) is 5. The molecule has 1 heterocycles. The highest BCUT2D eigenvalue weighted by Gasteiger charge is 2.26. The summed E-state index contributed by atoms with van der Waals surface area (Å²) in [5, 5.41) is 18.8. The van der Waals surface area contributed by atoms with Gasteiger partial charge in [0.15, 0.2) is 0 Å². The van der Waals surface area contributed by atoms with Crippen LogP contribution in [0.25, 0.3) is 0 Å². The molecule has 1 saturated heterocycles. The van der Waals surface area contributed by atoms with Crippen LogP contribution in [0.1, 0.15) is 51.4 Å². The van der Waals surface area contributed by atoms with Gasteiger partial charge in [-0.05, 0) is 25.7 Å². The van der Waals surface area contributed by atoms with Crippen LogP contribution in [0.5, 0.6) is 0 Å². The second-order valence-corrected chi connectivity index (χ2v) is 7.56. The Labute approximate surface area is 142 Å². The molecule has 0 amide bonds. The van der Waals surface area contributed by atoms with Gasteiger partial charge in [-0.15, -0.1) is 0 Å². The predicted octanol–water partition coefficient (Wildman–Crippen LogP) is 0.570. The van der Waals surface area contributed by atoms with Crippen molar-refractivity contribution in [3.63, 3.8) is 0 Å². The van der Waals surface area contributed by atoms with Crippen molar-refractivity contribution in [3.8, 4) is 0 Å². The first-order valence-electron chi connectivity index (χ1n) is 10.1. The molecule has 0 aromatic carbocycles. The van der Waals surface area contributed by atoms with E-state index in [1.807, 2.05) is 0 Å². The summed E-state index contributed by atoms with van der Waals surface area (Å²) in [5.41, 5.74) is 0. The smallest absolute Gasteiger partial charge is 0.0221 e. The van der Waals surface area contributed by atoms with Crippen molar-refractivity contribution < 1.29 is 0 Å². The van der Waals surface area contributed by atoms with Gasteiger partial charge in [-0.3, -0.25) is 0 Å². The Kier molecular flexibility index (Phi) is 7.62. The Balaban J connectivity index is 1.51. The van der Waals surface area contributed by atoms with Gasteiger partial charge in [0.25, 0.3) is 0 Å². The molecule has 4 atom stereocenters. The van der Waals surface area contributed by atoms with E-state index in [0.29, 0.717) is 24.2 Å². The zero-order valence-corrected chi connectivity index (χ0v) is 14.7. The molecule has 0 aromatic heterocycles. The van der Waals surface area contributed by atoms with Gasteiger partial charge in [0.1, 0.15) is 0 Å². The van der Waals surface area contributed by atoms with Crippen LogP contribution < -0.4 is 26.6 Å². The first-order valence-corrected chi connectivity index (χ1v) is 10.1. The maximum absolute atomic E-state index is 3.82. The van der Waals surface area contributed by atoms with Crippen molar-refractivity contribution in [1.82, 2.24) is 26.6 Å². The first kappa shape index (κ1) is 17.6. The maximum Gasteiger partial charge on any atom is 0.0221 e. The highest BCUT2D eigenvalue weighted by Crippen LogP contribution is 2.19. The third kappa shape index (κ3) is 5.68. The molecule has 2 aliphatic carbocycles. The number of nitrogens with one attached hydrogen (secondary N) is 5. The molecule has 5 nitrogen and oxygen atoms in total. The fourth-order valence-electron chi connectivity index (χ4n) is 4.57. The zero-order valence-electron chi connectivity index (χ0n) is 14.7. The van der Waals surface area contributed by atoms with E-state index in [1.54, 1.807) is 0 Å². The van der Waals surface area contributed by atoms with Crippen LogP contribution in [-0.2, 0) is 0 Å². The van der Waals surface area contributed by atoms with Gasteiger partial charge < -0.3 is 26.6 Å². The van der Waals surface area contributed by atoms with Crippen LogP contribution in [-0.4, -0.2) is 63.4 Å². The lowest BCUT2D eigenvalue weighted by molar-refractivity contribution is 0.270. The van der Waals surface area contributed by atoms with Crippen molar-refractivity contribution in [2.75, 3.05) is 39.3 Å². The van der Waals surface area contributed by atoms with Crippen LogP contribution in [0.15, 0.2) is 0 Å². The van der Waals surface area contributed by atoms with Gasteiger partial charge in [-0.25, -0.2) is 0 Å². The lowest BCUT2D eigenvalue weighted by Gasteiger charge is -2.34. The van der Waals surface area contributed by atoms with Crippen LogP contribution >= 0.6 is 0 Å². The molecule has 23 heavy (non-hydrogen) atoms. The van der Waals surface area contributed by atoms with E-state index in [4.69, 9.17) is 0 Å². The molecule has 0 radical (unpaired) electrons. The normalized spacial score (nSPS) is 38.6. The maximum atomic E-state index is 3.82. The van der Waals surface area contributed by atoms with Gasteiger partial charge in [0, 0.05) is 63.4 Å². The second kappa shape index (κ2) is 9.94. The molecule has 3 fully saturated rings. The molecule has 0 bridgehead atoms. The molecule has 3 aliphatic rings. The molecule has 1 aliphatic heterocycles. The first-order chi connectivity index (χ1) is 11.4. The average Bonchev–Trinajstić information content (AvgIpc) is 2.60. The Hall–Kier alpha value is -0.200. The third-order valence-corrected chi connectivity index (χ3v) is 5.89. The lowest BCUT2D eigenvalue weighted by Crippen LogP contribution is -2.54. The summed E-state index contributed by atoms with van der Waals surface area (Å²) in [4.78, 5) is 0. The van der Waals surface area contributed by atoms with Gasteiger partial charge in [-0.2, -0.15) is 0 Å². The highest BCUT2D eigenvalue weighted by atomic mass is 15.1. The average molecular weight is 324 g/mol. The summed E-state index contributed by atoms with van der Waals surface area (Å²) in [7, 11) is 0. The topological polar surface area (TPSA) is 60.1 Å². The molecule has 2 saturated carbocycles. The van der Waals surface area contributed by atoms with E-state index < -0.39 is 0 Å². The minimum atomic E-state index is 0.663. The number of fused-ring (bicyclic) bond motifs is 2. The molecule has 0 unspecified atom stereocenters. The monoisotopic (exact) mass is 323 g/mol. The zero-order chi connectivity index (χ0) is 15.7. The van der Waals surface area contributed by atoms with Gasteiger partial charge in [-0.1, -0.05) is 25.7 Å². The van der Waals surface area contributed by atoms with E-state index >= 15 is 0 Å². The molecule has 0 spiro atoms. The largest absolute Gasteiger partial charge is 0.314 e. The minimum Gasteiger partial charge on any atom is -0.314 e.